The Morgan fingerprint density at radius 1 is 1.35 bits per heavy atom. The number of halogens is 1. The van der Waals surface area contributed by atoms with Crippen molar-refractivity contribution in [1.82, 2.24) is 4.90 Å². The molecular formula is C22H27BrN2O6. The van der Waals surface area contributed by atoms with Crippen molar-refractivity contribution in [2.75, 3.05) is 25.1 Å². The van der Waals surface area contributed by atoms with Crippen molar-refractivity contribution in [2.24, 2.45) is 11.8 Å². The molecule has 1 aromatic carbocycles. The molecule has 0 radical (unpaired) electrons. The summed E-state index contributed by atoms with van der Waals surface area (Å²) in [7, 11) is 0. The van der Waals surface area contributed by atoms with E-state index in [0.717, 1.165) is 11.1 Å². The van der Waals surface area contributed by atoms with E-state index >= 15 is 0 Å². The van der Waals surface area contributed by atoms with E-state index < -0.39 is 35.6 Å². The summed E-state index contributed by atoms with van der Waals surface area (Å²) in [4.78, 5) is 40.9. The molecule has 9 heteroatoms. The SMILES string of the molecule is CCOC(=O)[C@H]1[C@@H]2O[C@@]3(CC2Br)[C@@H]1C(=O)N(CCO)[C@@H]3C(=O)Nc1c(C)cccc1C. The van der Waals surface area contributed by atoms with E-state index in [4.69, 9.17) is 9.47 Å². The van der Waals surface area contributed by atoms with Crippen molar-refractivity contribution in [3.05, 3.63) is 29.3 Å². The van der Waals surface area contributed by atoms with Crippen LogP contribution in [0.25, 0.3) is 0 Å². The Bertz CT molecular complexity index is 903. The predicted molar refractivity (Wildman–Crippen MR) is 116 cm³/mol. The summed E-state index contributed by atoms with van der Waals surface area (Å²) in [5.74, 6) is -2.82. The van der Waals surface area contributed by atoms with Gasteiger partial charge in [0.1, 0.15) is 11.6 Å². The van der Waals surface area contributed by atoms with Crippen molar-refractivity contribution in [2.45, 2.75) is 49.8 Å². The fourth-order valence-electron chi connectivity index (χ4n) is 5.49. The number of esters is 1. The first-order valence-corrected chi connectivity index (χ1v) is 11.4. The lowest BCUT2D eigenvalue weighted by atomic mass is 9.70. The van der Waals surface area contributed by atoms with Crippen LogP contribution in [-0.4, -0.2) is 70.1 Å². The summed E-state index contributed by atoms with van der Waals surface area (Å²) in [5.41, 5.74) is 1.34. The Balaban J connectivity index is 1.74. The lowest BCUT2D eigenvalue weighted by Gasteiger charge is -2.34. The van der Waals surface area contributed by atoms with Gasteiger partial charge in [-0.1, -0.05) is 34.1 Å². The zero-order valence-electron chi connectivity index (χ0n) is 17.8. The van der Waals surface area contributed by atoms with Gasteiger partial charge in [-0.15, -0.1) is 0 Å². The topological polar surface area (TPSA) is 105 Å². The molecule has 2 amide bonds. The summed E-state index contributed by atoms with van der Waals surface area (Å²) in [6.07, 6.45) is -0.128. The number of likely N-dealkylation sites (tertiary alicyclic amines) is 1. The number of aryl methyl sites for hydroxylation is 2. The quantitative estimate of drug-likeness (QED) is 0.459. The van der Waals surface area contributed by atoms with Crippen LogP contribution in [0.4, 0.5) is 5.69 Å². The number of nitrogens with zero attached hydrogens (tertiary/aromatic N) is 1. The van der Waals surface area contributed by atoms with Gasteiger partial charge in [-0.3, -0.25) is 14.4 Å². The number of hydrogen-bond acceptors (Lipinski definition) is 6. The average molecular weight is 495 g/mol. The minimum Gasteiger partial charge on any atom is -0.466 e. The molecule has 0 aromatic heterocycles. The van der Waals surface area contributed by atoms with Gasteiger partial charge in [0.25, 0.3) is 0 Å². The molecule has 2 N–H and O–H groups in total. The lowest BCUT2D eigenvalue weighted by Crippen LogP contribution is -2.54. The number of amides is 2. The number of aliphatic hydroxyl groups is 1. The highest BCUT2D eigenvalue weighted by molar-refractivity contribution is 9.09. The molecule has 1 unspecified atom stereocenters. The number of aliphatic hydroxyl groups excluding tert-OH is 1. The maximum absolute atomic E-state index is 13.6. The Labute approximate surface area is 189 Å². The standard InChI is InChI=1S/C22H27BrN2O6/c1-4-30-21(29)14-15-20(28)25(8-9-26)18(22(15)10-13(23)17(14)31-22)19(27)24-16-11(2)6-5-7-12(16)3/h5-7,13-15,17-18,26H,4,8-10H2,1-3H3,(H,24,27)/t13?,14-,15+,17-,18-,22+/m1/s1. The van der Waals surface area contributed by atoms with Crippen LogP contribution in [-0.2, 0) is 23.9 Å². The van der Waals surface area contributed by atoms with Gasteiger partial charge in [0.15, 0.2) is 0 Å². The molecule has 168 valence electrons. The normalized spacial score (nSPS) is 33.5. The highest BCUT2D eigenvalue weighted by Gasteiger charge is 2.76. The number of ether oxygens (including phenoxy) is 2. The number of anilines is 1. The second-order valence-corrected chi connectivity index (χ2v) is 9.60. The smallest absolute Gasteiger partial charge is 0.312 e. The number of carbonyl (C=O) groups is 3. The van der Waals surface area contributed by atoms with Crippen LogP contribution in [0.1, 0.15) is 24.5 Å². The third kappa shape index (κ3) is 3.29. The minimum absolute atomic E-state index is 0.0154. The molecule has 31 heavy (non-hydrogen) atoms. The number of rotatable bonds is 6. The van der Waals surface area contributed by atoms with Crippen molar-refractivity contribution >= 4 is 39.4 Å². The summed E-state index contributed by atoms with van der Waals surface area (Å²) >= 11 is 3.59. The van der Waals surface area contributed by atoms with Crippen LogP contribution in [0.5, 0.6) is 0 Å². The van der Waals surface area contributed by atoms with Crippen LogP contribution in [0.2, 0.25) is 0 Å². The molecule has 3 aliphatic rings. The van der Waals surface area contributed by atoms with Gasteiger partial charge in [-0.2, -0.15) is 0 Å². The third-order valence-corrected chi connectivity index (χ3v) is 7.51. The predicted octanol–water partition coefficient (Wildman–Crippen LogP) is 1.55. The largest absolute Gasteiger partial charge is 0.466 e. The molecule has 0 saturated carbocycles. The molecule has 0 aliphatic carbocycles. The fourth-order valence-corrected chi connectivity index (χ4v) is 6.43. The molecule has 4 rings (SSSR count). The zero-order chi connectivity index (χ0) is 22.5. The second-order valence-electron chi connectivity index (χ2n) is 8.43. The van der Waals surface area contributed by atoms with Crippen LogP contribution in [0.15, 0.2) is 18.2 Å². The number of hydrogen-bond donors (Lipinski definition) is 2. The van der Waals surface area contributed by atoms with Crippen molar-refractivity contribution < 1.29 is 29.0 Å². The lowest BCUT2D eigenvalue weighted by molar-refractivity contribution is -0.154. The maximum atomic E-state index is 13.6. The molecule has 2 bridgehead atoms. The van der Waals surface area contributed by atoms with E-state index in [9.17, 15) is 19.5 Å². The van der Waals surface area contributed by atoms with Crippen LogP contribution >= 0.6 is 15.9 Å². The average Bonchev–Trinajstić information content (AvgIpc) is 3.29. The highest BCUT2D eigenvalue weighted by atomic mass is 79.9. The molecule has 1 spiro atoms. The number of carbonyl (C=O) groups excluding carboxylic acids is 3. The molecule has 3 saturated heterocycles. The van der Waals surface area contributed by atoms with E-state index in [1.54, 1.807) is 6.92 Å². The van der Waals surface area contributed by atoms with Gasteiger partial charge < -0.3 is 24.8 Å². The van der Waals surface area contributed by atoms with Gasteiger partial charge in [0.05, 0.1) is 31.2 Å². The van der Waals surface area contributed by atoms with Gasteiger partial charge in [0, 0.05) is 17.1 Å². The molecular weight excluding hydrogens is 468 g/mol. The third-order valence-electron chi connectivity index (χ3n) is 6.67. The summed E-state index contributed by atoms with van der Waals surface area (Å²) in [6, 6.07) is 4.75. The number of nitrogens with one attached hydrogen (secondary N) is 1. The van der Waals surface area contributed by atoms with E-state index in [-0.39, 0.29) is 36.4 Å². The van der Waals surface area contributed by atoms with Gasteiger partial charge in [0.2, 0.25) is 11.8 Å². The Hall–Kier alpha value is -1.97. The first-order valence-electron chi connectivity index (χ1n) is 10.5. The van der Waals surface area contributed by atoms with Crippen molar-refractivity contribution in [3.63, 3.8) is 0 Å². The number of benzene rings is 1. The Morgan fingerprint density at radius 3 is 2.65 bits per heavy atom. The molecule has 3 aliphatic heterocycles. The van der Waals surface area contributed by atoms with Crippen LogP contribution < -0.4 is 5.32 Å². The first kappa shape index (κ1) is 22.2. The molecule has 3 fully saturated rings. The summed E-state index contributed by atoms with van der Waals surface area (Å²) < 4.78 is 11.5. The van der Waals surface area contributed by atoms with Crippen molar-refractivity contribution in [1.29, 1.82) is 0 Å². The first-order chi connectivity index (χ1) is 14.8. The fraction of sp³-hybridized carbons (Fsp3) is 0.591. The monoisotopic (exact) mass is 494 g/mol. The second kappa shape index (κ2) is 8.18. The van der Waals surface area contributed by atoms with Crippen LogP contribution in [0.3, 0.4) is 0 Å². The van der Waals surface area contributed by atoms with Crippen molar-refractivity contribution in [3.8, 4) is 0 Å². The minimum atomic E-state index is -1.15. The molecule has 8 nitrogen and oxygen atoms in total. The van der Waals surface area contributed by atoms with Gasteiger partial charge >= 0.3 is 5.97 Å². The van der Waals surface area contributed by atoms with E-state index in [1.165, 1.54) is 4.90 Å². The van der Waals surface area contributed by atoms with Crippen LogP contribution in [0, 0.1) is 25.7 Å². The summed E-state index contributed by atoms with van der Waals surface area (Å²) in [6.45, 7) is 5.39. The molecule has 1 aromatic rings. The molecule has 6 atom stereocenters. The van der Waals surface area contributed by atoms with E-state index in [0.29, 0.717) is 12.1 Å². The number of para-hydroxylation sites is 1. The van der Waals surface area contributed by atoms with Gasteiger partial charge in [-0.05, 0) is 38.3 Å². The highest BCUT2D eigenvalue weighted by Crippen LogP contribution is 2.60. The number of alkyl halides is 1. The number of fused-ring (bicyclic) bond motifs is 1. The molecule has 3 heterocycles. The van der Waals surface area contributed by atoms with E-state index in [2.05, 4.69) is 21.2 Å². The Morgan fingerprint density at radius 2 is 2.03 bits per heavy atom. The summed E-state index contributed by atoms with van der Waals surface area (Å²) in [5, 5.41) is 12.6. The van der Waals surface area contributed by atoms with E-state index in [1.807, 2.05) is 32.0 Å². The zero-order valence-corrected chi connectivity index (χ0v) is 19.3. The maximum Gasteiger partial charge on any atom is 0.312 e. The Kier molecular flexibility index (Phi) is 5.87. The van der Waals surface area contributed by atoms with Gasteiger partial charge in [-0.25, -0.2) is 0 Å². The number of β-amino-alcohol motifs (C(OH)–C–C–N with tert-alkyl or cyclic N) is 1.